The Labute approximate surface area is 102 Å². The van der Waals surface area contributed by atoms with Gasteiger partial charge in [-0.15, -0.1) is 0 Å². The number of alkyl halides is 3. The minimum absolute atomic E-state index is 0.0979. The van der Waals surface area contributed by atoms with Crippen LogP contribution in [0.2, 0.25) is 5.02 Å². The van der Waals surface area contributed by atoms with Gasteiger partial charge in [0.25, 0.3) is 0 Å². The lowest BCUT2D eigenvalue weighted by Crippen LogP contribution is -2.19. The molecule has 1 aromatic rings. The van der Waals surface area contributed by atoms with Crippen molar-refractivity contribution in [1.29, 1.82) is 0 Å². The van der Waals surface area contributed by atoms with E-state index in [1.54, 1.807) is 13.0 Å². The lowest BCUT2D eigenvalue weighted by molar-refractivity contribution is -0.153. The fraction of sp³-hybridized carbons (Fsp3) is 0.400. The molecule has 0 heterocycles. The maximum atomic E-state index is 11.9. The first-order valence-corrected chi connectivity index (χ1v) is 5.35. The third-order valence-corrected chi connectivity index (χ3v) is 2.29. The molecule has 1 atom stereocenters. The van der Waals surface area contributed by atoms with E-state index in [0.717, 1.165) is 0 Å². The number of thiol groups is 1. The van der Waals surface area contributed by atoms with Gasteiger partial charge in [0.1, 0.15) is 5.75 Å². The molecular weight excluding hydrogens is 261 g/mol. The molecule has 90 valence electrons. The van der Waals surface area contributed by atoms with Gasteiger partial charge in [0, 0.05) is 10.3 Å². The van der Waals surface area contributed by atoms with Crippen LogP contribution in [0.25, 0.3) is 0 Å². The molecule has 0 N–H and O–H groups in total. The Morgan fingerprint density at radius 2 is 2.00 bits per heavy atom. The Balaban J connectivity index is 2.81. The summed E-state index contributed by atoms with van der Waals surface area (Å²) >= 11 is 9.92. The molecule has 0 aliphatic rings. The van der Waals surface area contributed by atoms with Gasteiger partial charge in [-0.2, -0.15) is 25.8 Å². The van der Waals surface area contributed by atoms with Crippen molar-refractivity contribution in [2.24, 2.45) is 0 Å². The first kappa shape index (κ1) is 13.5. The Kier molecular flexibility index (Phi) is 4.38. The van der Waals surface area contributed by atoms with Crippen molar-refractivity contribution in [1.82, 2.24) is 0 Å². The van der Waals surface area contributed by atoms with E-state index in [4.69, 9.17) is 11.6 Å². The molecule has 1 nitrogen and oxygen atoms in total. The molecule has 1 unspecified atom stereocenters. The largest absolute Gasteiger partial charge is 0.484 e. The van der Waals surface area contributed by atoms with E-state index in [9.17, 15) is 13.2 Å². The maximum Gasteiger partial charge on any atom is 0.422 e. The molecule has 0 aromatic heterocycles. The highest BCUT2D eigenvalue weighted by molar-refractivity contribution is 7.80. The summed E-state index contributed by atoms with van der Waals surface area (Å²) in [7, 11) is 0. The summed E-state index contributed by atoms with van der Waals surface area (Å²) in [6.45, 7) is 0.468. The van der Waals surface area contributed by atoms with Gasteiger partial charge in [-0.1, -0.05) is 11.6 Å². The summed E-state index contributed by atoms with van der Waals surface area (Å²) in [5.41, 5.74) is 0.716. The fourth-order valence-corrected chi connectivity index (χ4v) is 1.46. The number of hydrogen-bond acceptors (Lipinski definition) is 2. The summed E-state index contributed by atoms with van der Waals surface area (Å²) in [6.07, 6.45) is -4.35. The topological polar surface area (TPSA) is 9.23 Å². The Hall–Kier alpha value is -0.550. The second-order valence-electron chi connectivity index (χ2n) is 3.30. The molecule has 0 fully saturated rings. The van der Waals surface area contributed by atoms with Crippen LogP contribution in [0.15, 0.2) is 18.2 Å². The van der Waals surface area contributed by atoms with Crippen LogP contribution in [0.4, 0.5) is 13.2 Å². The van der Waals surface area contributed by atoms with Crippen LogP contribution in [-0.4, -0.2) is 12.8 Å². The summed E-state index contributed by atoms with van der Waals surface area (Å²) in [4.78, 5) is 0. The summed E-state index contributed by atoms with van der Waals surface area (Å²) in [5.74, 6) is 0.0979. The standard InChI is InChI=1S/C10H10ClF3OS/c1-6(16)7-2-8(11)4-9(3-7)15-5-10(12,13)14/h2-4,6,16H,5H2,1H3. The van der Waals surface area contributed by atoms with Crippen LogP contribution in [0.3, 0.4) is 0 Å². The summed E-state index contributed by atoms with van der Waals surface area (Å²) < 4.78 is 40.4. The molecule has 0 amide bonds. The van der Waals surface area contributed by atoms with Crippen molar-refractivity contribution in [2.45, 2.75) is 18.3 Å². The molecule has 0 aliphatic heterocycles. The molecule has 0 saturated heterocycles. The lowest BCUT2D eigenvalue weighted by atomic mass is 10.1. The Morgan fingerprint density at radius 3 is 2.50 bits per heavy atom. The normalized spacial score (nSPS) is 13.6. The van der Waals surface area contributed by atoms with Crippen molar-refractivity contribution >= 4 is 24.2 Å². The Morgan fingerprint density at radius 1 is 1.38 bits per heavy atom. The number of ether oxygens (including phenoxy) is 1. The van der Waals surface area contributed by atoms with E-state index < -0.39 is 12.8 Å². The molecule has 0 spiro atoms. The fourth-order valence-electron chi connectivity index (χ4n) is 1.07. The molecule has 0 aliphatic carbocycles. The first-order valence-electron chi connectivity index (χ1n) is 4.46. The van der Waals surface area contributed by atoms with E-state index in [0.29, 0.717) is 10.6 Å². The van der Waals surface area contributed by atoms with Gasteiger partial charge < -0.3 is 4.74 Å². The van der Waals surface area contributed by atoms with Gasteiger partial charge in [0.2, 0.25) is 0 Å². The molecule has 0 saturated carbocycles. The van der Waals surface area contributed by atoms with Gasteiger partial charge in [-0.05, 0) is 30.7 Å². The Bertz CT molecular complexity index is 366. The van der Waals surface area contributed by atoms with E-state index in [-0.39, 0.29) is 11.0 Å². The van der Waals surface area contributed by atoms with Gasteiger partial charge >= 0.3 is 6.18 Å². The van der Waals surface area contributed by atoms with Crippen LogP contribution in [0.1, 0.15) is 17.7 Å². The van der Waals surface area contributed by atoms with Crippen molar-refractivity contribution in [3.8, 4) is 5.75 Å². The molecular formula is C10H10ClF3OS. The molecule has 6 heteroatoms. The molecule has 0 bridgehead atoms. The SMILES string of the molecule is CC(S)c1cc(Cl)cc(OCC(F)(F)F)c1. The van der Waals surface area contributed by atoms with Gasteiger partial charge in [0.15, 0.2) is 6.61 Å². The zero-order valence-corrected chi connectivity index (χ0v) is 10.0. The third kappa shape index (κ3) is 4.53. The quantitative estimate of drug-likeness (QED) is 0.807. The van der Waals surface area contributed by atoms with Crippen molar-refractivity contribution < 1.29 is 17.9 Å². The monoisotopic (exact) mass is 270 g/mol. The number of hydrogen-bond donors (Lipinski definition) is 1. The first-order chi connectivity index (χ1) is 7.28. The maximum absolute atomic E-state index is 11.9. The third-order valence-electron chi connectivity index (χ3n) is 1.78. The van der Waals surface area contributed by atoms with E-state index >= 15 is 0 Å². The van der Waals surface area contributed by atoms with Gasteiger partial charge in [-0.25, -0.2) is 0 Å². The summed E-state index contributed by atoms with van der Waals surface area (Å²) in [5, 5.41) is 0.211. The minimum atomic E-state index is -4.35. The predicted molar refractivity (Wildman–Crippen MR) is 60.4 cm³/mol. The average molecular weight is 271 g/mol. The molecule has 1 rings (SSSR count). The van der Waals surface area contributed by atoms with Crippen LogP contribution < -0.4 is 4.74 Å². The van der Waals surface area contributed by atoms with Crippen LogP contribution in [0, 0.1) is 0 Å². The number of benzene rings is 1. The van der Waals surface area contributed by atoms with Crippen molar-refractivity contribution in [3.63, 3.8) is 0 Å². The average Bonchev–Trinajstić information content (AvgIpc) is 2.13. The van der Waals surface area contributed by atoms with Gasteiger partial charge in [-0.3, -0.25) is 0 Å². The number of halogens is 4. The predicted octanol–water partition coefficient (Wildman–Crippen LogP) is 4.27. The van der Waals surface area contributed by atoms with Gasteiger partial charge in [0.05, 0.1) is 0 Å². The zero-order valence-electron chi connectivity index (χ0n) is 8.38. The second-order valence-corrected chi connectivity index (χ2v) is 4.51. The smallest absolute Gasteiger partial charge is 0.422 e. The van der Waals surface area contributed by atoms with Crippen LogP contribution in [-0.2, 0) is 0 Å². The lowest BCUT2D eigenvalue weighted by Gasteiger charge is -2.12. The highest BCUT2D eigenvalue weighted by atomic mass is 35.5. The van der Waals surface area contributed by atoms with Crippen LogP contribution >= 0.6 is 24.2 Å². The van der Waals surface area contributed by atoms with E-state index in [1.165, 1.54) is 12.1 Å². The van der Waals surface area contributed by atoms with Crippen molar-refractivity contribution in [2.75, 3.05) is 6.61 Å². The molecule has 16 heavy (non-hydrogen) atoms. The minimum Gasteiger partial charge on any atom is -0.484 e. The highest BCUT2D eigenvalue weighted by Crippen LogP contribution is 2.28. The molecule has 0 radical (unpaired) electrons. The molecule has 1 aromatic carbocycles. The zero-order chi connectivity index (χ0) is 12.3. The summed E-state index contributed by atoms with van der Waals surface area (Å²) in [6, 6.07) is 4.47. The van der Waals surface area contributed by atoms with E-state index in [2.05, 4.69) is 17.4 Å². The van der Waals surface area contributed by atoms with Crippen LogP contribution in [0.5, 0.6) is 5.75 Å². The highest BCUT2D eigenvalue weighted by Gasteiger charge is 2.28. The van der Waals surface area contributed by atoms with E-state index in [1.807, 2.05) is 0 Å². The second kappa shape index (κ2) is 5.19. The van der Waals surface area contributed by atoms with Crippen molar-refractivity contribution in [3.05, 3.63) is 28.8 Å². The number of rotatable bonds is 3.